The average Bonchev–Trinajstić information content (AvgIpc) is 3.14. The van der Waals surface area contributed by atoms with E-state index in [1.54, 1.807) is 16.9 Å². The Bertz CT molecular complexity index is 1220. The molecule has 3 aromatic rings. The minimum absolute atomic E-state index is 0.0648. The van der Waals surface area contributed by atoms with Gasteiger partial charge in [-0.1, -0.05) is 12.1 Å². The van der Waals surface area contributed by atoms with Crippen LogP contribution in [0.25, 0.3) is 0 Å². The molecular formula is C23H21F3N4O2. The van der Waals surface area contributed by atoms with E-state index in [-0.39, 0.29) is 28.8 Å². The lowest BCUT2D eigenvalue weighted by molar-refractivity contribution is -0.138. The van der Waals surface area contributed by atoms with Gasteiger partial charge in [0.25, 0.3) is 5.91 Å². The van der Waals surface area contributed by atoms with E-state index in [1.807, 2.05) is 13.8 Å². The molecule has 0 saturated carbocycles. The first-order chi connectivity index (χ1) is 15.1. The summed E-state index contributed by atoms with van der Waals surface area (Å²) in [5.74, 6) is -1.35. The molecule has 1 N–H and O–H groups in total. The summed E-state index contributed by atoms with van der Waals surface area (Å²) < 4.78 is 41.0. The van der Waals surface area contributed by atoms with Crippen molar-refractivity contribution in [3.8, 4) is 0 Å². The van der Waals surface area contributed by atoms with Crippen LogP contribution < -0.4 is 5.32 Å². The summed E-state index contributed by atoms with van der Waals surface area (Å²) in [6, 6.07) is 5.29. The lowest BCUT2D eigenvalue weighted by Gasteiger charge is -2.28. The Morgan fingerprint density at radius 1 is 1.16 bits per heavy atom. The van der Waals surface area contributed by atoms with Gasteiger partial charge in [0.1, 0.15) is 5.69 Å². The summed E-state index contributed by atoms with van der Waals surface area (Å²) in [6.45, 7) is 5.07. The summed E-state index contributed by atoms with van der Waals surface area (Å²) >= 11 is 0. The Hall–Kier alpha value is -3.49. The number of carbonyl (C=O) groups excluding carboxylic acids is 2. The first-order valence-electron chi connectivity index (χ1n) is 10.1. The number of benzene rings is 1. The molecule has 1 unspecified atom stereocenters. The number of anilines is 1. The molecule has 1 aliphatic heterocycles. The number of carbonyl (C=O) groups is 2. The quantitative estimate of drug-likeness (QED) is 0.613. The number of hydrogen-bond acceptors (Lipinski definition) is 4. The van der Waals surface area contributed by atoms with Gasteiger partial charge in [-0.05, 0) is 56.0 Å². The topological polar surface area (TPSA) is 76.9 Å². The summed E-state index contributed by atoms with van der Waals surface area (Å²) in [4.78, 5) is 30.0. The number of ketones is 1. The summed E-state index contributed by atoms with van der Waals surface area (Å²) in [7, 11) is 0. The number of amides is 1. The third-order valence-corrected chi connectivity index (χ3v) is 5.68. The molecule has 166 valence electrons. The van der Waals surface area contributed by atoms with Gasteiger partial charge < -0.3 is 5.32 Å². The Labute approximate surface area is 182 Å². The normalized spacial score (nSPS) is 18.4. The average molecular weight is 442 g/mol. The van der Waals surface area contributed by atoms with Crippen molar-refractivity contribution >= 4 is 17.4 Å². The number of Topliss-reactive ketones (excluding diaryl/α,β-unsaturated/α-hetero) is 1. The Morgan fingerprint density at radius 3 is 2.56 bits per heavy atom. The van der Waals surface area contributed by atoms with E-state index >= 15 is 0 Å². The van der Waals surface area contributed by atoms with Crippen molar-refractivity contribution < 1.29 is 22.8 Å². The minimum atomic E-state index is -4.45. The fourth-order valence-corrected chi connectivity index (χ4v) is 4.13. The number of fused-ring (bicyclic) bond motifs is 1. The van der Waals surface area contributed by atoms with E-state index in [4.69, 9.17) is 0 Å². The highest BCUT2D eigenvalue weighted by Gasteiger charge is 2.37. The summed E-state index contributed by atoms with van der Waals surface area (Å²) in [5, 5.41) is 6.99. The van der Waals surface area contributed by atoms with Crippen LogP contribution in [0.1, 0.15) is 68.4 Å². The number of halogens is 3. The van der Waals surface area contributed by atoms with Crippen LogP contribution in [-0.2, 0) is 6.18 Å². The second-order valence-electron chi connectivity index (χ2n) is 8.13. The molecule has 32 heavy (non-hydrogen) atoms. The minimum Gasteiger partial charge on any atom is -0.319 e. The number of hydrogen-bond donors (Lipinski definition) is 1. The Morgan fingerprint density at radius 2 is 1.91 bits per heavy atom. The van der Waals surface area contributed by atoms with Crippen molar-refractivity contribution in [2.75, 3.05) is 5.32 Å². The molecule has 0 fully saturated rings. The van der Waals surface area contributed by atoms with Crippen LogP contribution in [0.4, 0.5) is 18.9 Å². The van der Waals surface area contributed by atoms with Crippen LogP contribution in [0.2, 0.25) is 0 Å². The highest BCUT2D eigenvalue weighted by molar-refractivity contribution is 6.10. The van der Waals surface area contributed by atoms with Gasteiger partial charge in [-0.2, -0.15) is 18.3 Å². The van der Waals surface area contributed by atoms with E-state index in [0.717, 1.165) is 11.6 Å². The molecule has 9 heteroatoms. The van der Waals surface area contributed by atoms with E-state index in [9.17, 15) is 22.8 Å². The van der Waals surface area contributed by atoms with Gasteiger partial charge in [0.2, 0.25) is 0 Å². The standard InChI is InChI=1S/C23H21F3N4O2/c1-12-6-16(10-27-9-12)22(32)29-19-11-28-30-14(3)8-17(21(31)20(19)30)15-4-5-18(13(2)7-15)23(24,25)26/h4-7,9-11,14,17H,8H2,1-3H3,(H,29,32)/t14-,17?/m0/s1. The smallest absolute Gasteiger partial charge is 0.319 e. The van der Waals surface area contributed by atoms with Gasteiger partial charge in [0.05, 0.1) is 35.0 Å². The highest BCUT2D eigenvalue weighted by atomic mass is 19.4. The molecule has 0 radical (unpaired) electrons. The molecule has 1 aliphatic rings. The van der Waals surface area contributed by atoms with Gasteiger partial charge in [0, 0.05) is 12.4 Å². The number of rotatable bonds is 3. The largest absolute Gasteiger partial charge is 0.416 e. The van der Waals surface area contributed by atoms with E-state index < -0.39 is 23.6 Å². The summed E-state index contributed by atoms with van der Waals surface area (Å²) in [6.07, 6.45) is 0.420. The molecule has 3 heterocycles. The molecule has 0 saturated heterocycles. The molecule has 0 bridgehead atoms. The van der Waals surface area contributed by atoms with Gasteiger partial charge in [-0.15, -0.1) is 0 Å². The van der Waals surface area contributed by atoms with Crippen molar-refractivity contribution in [2.24, 2.45) is 0 Å². The van der Waals surface area contributed by atoms with Crippen LogP contribution in [0, 0.1) is 13.8 Å². The van der Waals surface area contributed by atoms with Crippen LogP contribution in [-0.4, -0.2) is 26.5 Å². The lowest BCUT2D eigenvalue weighted by atomic mass is 9.83. The second-order valence-corrected chi connectivity index (χ2v) is 8.13. The molecule has 4 rings (SSSR count). The molecule has 1 amide bonds. The second kappa shape index (κ2) is 7.89. The van der Waals surface area contributed by atoms with Gasteiger partial charge in [0.15, 0.2) is 5.78 Å². The summed E-state index contributed by atoms with van der Waals surface area (Å²) in [5.41, 5.74) is 1.52. The Balaban J connectivity index is 1.66. The fourth-order valence-electron chi connectivity index (χ4n) is 4.13. The first kappa shape index (κ1) is 21.7. The molecule has 0 aliphatic carbocycles. The van der Waals surface area contributed by atoms with Crippen LogP contribution in [0.5, 0.6) is 0 Å². The molecule has 1 aromatic carbocycles. The van der Waals surface area contributed by atoms with Crippen molar-refractivity contribution in [3.63, 3.8) is 0 Å². The zero-order chi connectivity index (χ0) is 23.2. The van der Waals surface area contributed by atoms with Gasteiger partial charge in [-0.3, -0.25) is 19.3 Å². The van der Waals surface area contributed by atoms with Crippen LogP contribution in [0.15, 0.2) is 42.9 Å². The number of nitrogens with one attached hydrogen (secondary N) is 1. The number of pyridine rings is 1. The zero-order valence-electron chi connectivity index (χ0n) is 17.7. The highest BCUT2D eigenvalue weighted by Crippen LogP contribution is 2.40. The van der Waals surface area contributed by atoms with Crippen molar-refractivity contribution in [2.45, 2.75) is 45.3 Å². The predicted molar refractivity (Wildman–Crippen MR) is 112 cm³/mol. The van der Waals surface area contributed by atoms with Crippen LogP contribution in [0.3, 0.4) is 0 Å². The lowest BCUT2D eigenvalue weighted by Crippen LogP contribution is -2.29. The molecule has 0 spiro atoms. The number of aryl methyl sites for hydroxylation is 2. The zero-order valence-corrected chi connectivity index (χ0v) is 17.7. The van der Waals surface area contributed by atoms with Crippen molar-refractivity contribution in [1.82, 2.24) is 14.8 Å². The number of aromatic nitrogens is 3. The van der Waals surface area contributed by atoms with Gasteiger partial charge >= 0.3 is 6.18 Å². The van der Waals surface area contributed by atoms with E-state index in [0.29, 0.717) is 17.5 Å². The number of nitrogens with zero attached hydrogens (tertiary/aromatic N) is 3. The first-order valence-corrected chi connectivity index (χ1v) is 10.1. The van der Waals surface area contributed by atoms with Crippen molar-refractivity contribution in [3.05, 3.63) is 76.4 Å². The van der Waals surface area contributed by atoms with E-state index in [1.165, 1.54) is 31.5 Å². The molecule has 2 atom stereocenters. The molecule has 2 aromatic heterocycles. The maximum absolute atomic E-state index is 13.4. The predicted octanol–water partition coefficient (Wildman–Crippen LogP) is 5.10. The molecule has 6 nitrogen and oxygen atoms in total. The SMILES string of the molecule is Cc1cncc(C(=O)Nc2cnn3c2C(=O)C(c2ccc(C(F)(F)F)c(C)c2)C[C@@H]3C)c1. The maximum atomic E-state index is 13.4. The van der Waals surface area contributed by atoms with Crippen molar-refractivity contribution in [1.29, 1.82) is 0 Å². The monoisotopic (exact) mass is 442 g/mol. The molecular weight excluding hydrogens is 421 g/mol. The maximum Gasteiger partial charge on any atom is 0.416 e. The van der Waals surface area contributed by atoms with Gasteiger partial charge in [-0.25, -0.2) is 0 Å². The van der Waals surface area contributed by atoms with E-state index in [2.05, 4.69) is 15.4 Å². The third kappa shape index (κ3) is 3.90. The Kier molecular flexibility index (Phi) is 5.36. The van der Waals surface area contributed by atoms with Crippen LogP contribution >= 0.6 is 0 Å². The third-order valence-electron chi connectivity index (χ3n) is 5.68. The number of alkyl halides is 3. The fraction of sp³-hybridized carbons (Fsp3) is 0.304.